The fourth-order valence-corrected chi connectivity index (χ4v) is 4.33. The Kier molecular flexibility index (Phi) is 5.54. The third-order valence-electron chi connectivity index (χ3n) is 5.58. The number of nitrogens with one attached hydrogen (secondary N) is 1. The van der Waals surface area contributed by atoms with Gasteiger partial charge < -0.3 is 15.0 Å². The largest absolute Gasteiger partial charge is 0.381 e. The minimum atomic E-state index is 0.370. The molecule has 4 heteroatoms. The Morgan fingerprint density at radius 2 is 2.10 bits per heavy atom. The van der Waals surface area contributed by atoms with Gasteiger partial charge in [-0.3, -0.25) is 4.90 Å². The van der Waals surface area contributed by atoms with Crippen LogP contribution in [0.3, 0.4) is 0 Å². The van der Waals surface area contributed by atoms with E-state index in [2.05, 4.69) is 22.0 Å². The van der Waals surface area contributed by atoms with Gasteiger partial charge in [0.15, 0.2) is 0 Å². The molecule has 0 aromatic rings. The van der Waals surface area contributed by atoms with Gasteiger partial charge in [0.1, 0.15) is 0 Å². The van der Waals surface area contributed by atoms with Crippen LogP contribution >= 0.6 is 0 Å². The summed E-state index contributed by atoms with van der Waals surface area (Å²) >= 11 is 0. The second-order valence-corrected chi connectivity index (χ2v) is 7.40. The van der Waals surface area contributed by atoms with Gasteiger partial charge in [-0.1, -0.05) is 6.92 Å². The molecule has 122 valence electrons. The molecule has 0 bridgehead atoms. The SMILES string of the molecule is CCCNCC1(CN2CCC(N3CCCC3)C2)CCOC1. The second kappa shape index (κ2) is 7.40. The van der Waals surface area contributed by atoms with Crippen LogP contribution < -0.4 is 5.32 Å². The fourth-order valence-electron chi connectivity index (χ4n) is 4.33. The molecule has 3 saturated heterocycles. The van der Waals surface area contributed by atoms with Crippen molar-refractivity contribution in [2.75, 3.05) is 59.0 Å². The molecular formula is C17H33N3O. The fraction of sp³-hybridized carbons (Fsp3) is 1.00. The highest BCUT2D eigenvalue weighted by molar-refractivity contribution is 4.93. The summed E-state index contributed by atoms with van der Waals surface area (Å²) in [7, 11) is 0. The second-order valence-electron chi connectivity index (χ2n) is 7.40. The zero-order chi connectivity index (χ0) is 14.5. The molecule has 3 rings (SSSR count). The van der Waals surface area contributed by atoms with E-state index in [1.54, 1.807) is 0 Å². The van der Waals surface area contributed by atoms with Gasteiger partial charge >= 0.3 is 0 Å². The van der Waals surface area contributed by atoms with E-state index in [4.69, 9.17) is 4.74 Å². The monoisotopic (exact) mass is 295 g/mol. The van der Waals surface area contributed by atoms with Gasteiger partial charge in [-0.25, -0.2) is 0 Å². The van der Waals surface area contributed by atoms with E-state index in [1.165, 1.54) is 64.8 Å². The smallest absolute Gasteiger partial charge is 0.0547 e. The lowest BCUT2D eigenvalue weighted by molar-refractivity contribution is 0.114. The minimum absolute atomic E-state index is 0.370. The molecule has 4 nitrogen and oxygen atoms in total. The van der Waals surface area contributed by atoms with Gasteiger partial charge in [-0.15, -0.1) is 0 Å². The lowest BCUT2D eigenvalue weighted by Crippen LogP contribution is -2.45. The summed E-state index contributed by atoms with van der Waals surface area (Å²) in [6.07, 6.45) is 6.65. The Morgan fingerprint density at radius 1 is 1.24 bits per heavy atom. The Labute approximate surface area is 130 Å². The average molecular weight is 295 g/mol. The highest BCUT2D eigenvalue weighted by Gasteiger charge is 2.39. The lowest BCUT2D eigenvalue weighted by Gasteiger charge is -2.33. The topological polar surface area (TPSA) is 27.7 Å². The van der Waals surface area contributed by atoms with Crippen molar-refractivity contribution in [2.45, 2.75) is 45.1 Å². The molecule has 0 spiro atoms. The van der Waals surface area contributed by atoms with Crippen LogP contribution in [0.5, 0.6) is 0 Å². The lowest BCUT2D eigenvalue weighted by atomic mass is 9.86. The molecule has 2 unspecified atom stereocenters. The normalized spacial score (nSPS) is 35.0. The number of ether oxygens (including phenoxy) is 1. The van der Waals surface area contributed by atoms with Crippen LogP contribution in [-0.2, 0) is 4.74 Å². The van der Waals surface area contributed by atoms with E-state index in [-0.39, 0.29) is 0 Å². The van der Waals surface area contributed by atoms with Crippen molar-refractivity contribution in [3.8, 4) is 0 Å². The predicted molar refractivity (Wildman–Crippen MR) is 86.7 cm³/mol. The van der Waals surface area contributed by atoms with Crippen LogP contribution in [0.1, 0.15) is 39.0 Å². The first-order valence-corrected chi connectivity index (χ1v) is 9.06. The minimum Gasteiger partial charge on any atom is -0.381 e. The highest BCUT2D eigenvalue weighted by atomic mass is 16.5. The van der Waals surface area contributed by atoms with Gasteiger partial charge in [0, 0.05) is 37.7 Å². The van der Waals surface area contributed by atoms with E-state index in [0.29, 0.717) is 5.41 Å². The van der Waals surface area contributed by atoms with Gasteiger partial charge in [0.2, 0.25) is 0 Å². The van der Waals surface area contributed by atoms with Crippen molar-refractivity contribution in [3.05, 3.63) is 0 Å². The third kappa shape index (κ3) is 3.98. The van der Waals surface area contributed by atoms with E-state index in [0.717, 1.165) is 32.3 Å². The number of hydrogen-bond acceptors (Lipinski definition) is 4. The van der Waals surface area contributed by atoms with Crippen LogP contribution in [-0.4, -0.2) is 74.9 Å². The first-order valence-electron chi connectivity index (χ1n) is 9.06. The summed E-state index contributed by atoms with van der Waals surface area (Å²) in [4.78, 5) is 5.44. The Balaban J connectivity index is 1.49. The van der Waals surface area contributed by atoms with Crippen LogP contribution in [0.4, 0.5) is 0 Å². The molecule has 21 heavy (non-hydrogen) atoms. The highest BCUT2D eigenvalue weighted by Crippen LogP contribution is 2.31. The number of likely N-dealkylation sites (tertiary alicyclic amines) is 2. The molecule has 2 atom stereocenters. The first-order chi connectivity index (χ1) is 10.3. The van der Waals surface area contributed by atoms with Crippen LogP contribution in [0.2, 0.25) is 0 Å². The van der Waals surface area contributed by atoms with Crippen molar-refractivity contribution in [2.24, 2.45) is 5.41 Å². The zero-order valence-corrected chi connectivity index (χ0v) is 13.8. The Morgan fingerprint density at radius 3 is 2.81 bits per heavy atom. The Bertz CT molecular complexity index is 311. The van der Waals surface area contributed by atoms with Gasteiger partial charge in [0.05, 0.1) is 6.61 Å². The van der Waals surface area contributed by atoms with E-state index in [9.17, 15) is 0 Å². The standard InChI is InChI=1S/C17H33N3O/c1-2-7-18-13-17(6-11-21-15-17)14-19-10-5-16(12-19)20-8-3-4-9-20/h16,18H,2-15H2,1H3. The molecule has 0 amide bonds. The summed E-state index contributed by atoms with van der Waals surface area (Å²) in [5.74, 6) is 0. The summed E-state index contributed by atoms with van der Waals surface area (Å²) in [6.45, 7) is 12.9. The van der Waals surface area contributed by atoms with Gasteiger partial charge in [-0.05, 0) is 58.3 Å². The number of hydrogen-bond donors (Lipinski definition) is 1. The van der Waals surface area contributed by atoms with E-state index < -0.39 is 0 Å². The van der Waals surface area contributed by atoms with Crippen molar-refractivity contribution >= 4 is 0 Å². The molecule has 1 N–H and O–H groups in total. The maximum absolute atomic E-state index is 5.75. The maximum Gasteiger partial charge on any atom is 0.0547 e. The average Bonchev–Trinajstić information content (AvgIpc) is 3.19. The van der Waals surface area contributed by atoms with Crippen LogP contribution in [0.25, 0.3) is 0 Å². The molecule has 0 aromatic carbocycles. The first kappa shape index (κ1) is 15.7. The molecule has 0 aromatic heterocycles. The molecule has 3 heterocycles. The molecule has 0 radical (unpaired) electrons. The molecular weight excluding hydrogens is 262 g/mol. The molecule has 3 aliphatic rings. The summed E-state index contributed by atoms with van der Waals surface area (Å²) in [6, 6.07) is 0.829. The summed E-state index contributed by atoms with van der Waals surface area (Å²) in [5, 5.41) is 3.64. The van der Waals surface area contributed by atoms with Gasteiger partial charge in [-0.2, -0.15) is 0 Å². The van der Waals surface area contributed by atoms with Gasteiger partial charge in [0.25, 0.3) is 0 Å². The van der Waals surface area contributed by atoms with Crippen molar-refractivity contribution in [3.63, 3.8) is 0 Å². The van der Waals surface area contributed by atoms with Crippen LogP contribution in [0, 0.1) is 5.41 Å². The molecule has 0 saturated carbocycles. The zero-order valence-electron chi connectivity index (χ0n) is 13.8. The molecule has 3 aliphatic heterocycles. The van der Waals surface area contributed by atoms with Crippen molar-refractivity contribution in [1.29, 1.82) is 0 Å². The van der Waals surface area contributed by atoms with E-state index in [1.807, 2.05) is 0 Å². The number of rotatable bonds is 7. The predicted octanol–water partition coefficient (Wildman–Crippen LogP) is 1.56. The summed E-state index contributed by atoms with van der Waals surface area (Å²) in [5.41, 5.74) is 0.370. The Hall–Kier alpha value is -0.160. The van der Waals surface area contributed by atoms with Crippen molar-refractivity contribution < 1.29 is 4.74 Å². The number of nitrogens with zero attached hydrogens (tertiary/aromatic N) is 2. The summed E-state index contributed by atoms with van der Waals surface area (Å²) < 4.78 is 5.75. The van der Waals surface area contributed by atoms with Crippen LogP contribution in [0.15, 0.2) is 0 Å². The van der Waals surface area contributed by atoms with E-state index >= 15 is 0 Å². The molecule has 0 aliphatic carbocycles. The van der Waals surface area contributed by atoms with Crippen molar-refractivity contribution in [1.82, 2.24) is 15.1 Å². The third-order valence-corrected chi connectivity index (χ3v) is 5.58. The molecule has 3 fully saturated rings. The quantitative estimate of drug-likeness (QED) is 0.722. The maximum atomic E-state index is 5.75.